The molecule has 0 fully saturated rings. The van der Waals surface area contributed by atoms with Crippen molar-refractivity contribution in [1.29, 1.82) is 0 Å². The van der Waals surface area contributed by atoms with Crippen LogP contribution < -0.4 is 11.2 Å². The van der Waals surface area contributed by atoms with Crippen molar-refractivity contribution in [2.75, 3.05) is 0 Å². The quantitative estimate of drug-likeness (QED) is 0.282. The Kier molecular flexibility index (Phi) is 3.34. The minimum atomic E-state index is -1.11. The van der Waals surface area contributed by atoms with Gasteiger partial charge in [-0.15, -0.1) is 0 Å². The lowest BCUT2D eigenvalue weighted by molar-refractivity contribution is -0.129. The smallest absolute Gasteiger partial charge is 0.351 e. The van der Waals surface area contributed by atoms with Crippen LogP contribution in [0.1, 0.15) is 6.92 Å². The fourth-order valence-corrected chi connectivity index (χ4v) is 0.232. The molecule has 0 saturated carbocycles. The zero-order valence-corrected chi connectivity index (χ0v) is 6.10. The van der Waals surface area contributed by atoms with Crippen molar-refractivity contribution in [2.45, 2.75) is 6.92 Å². The normalized spacial score (nSPS) is 10.7. The lowest BCUT2D eigenvalue weighted by atomic mass is 10.4. The molecule has 0 saturated heterocycles. The molecular weight excluding hydrogens is 154 g/mol. The molecule has 0 aliphatic rings. The van der Waals surface area contributed by atoms with E-state index in [1.165, 1.54) is 6.92 Å². The molecule has 0 atom stereocenters. The van der Waals surface area contributed by atoms with E-state index in [0.717, 1.165) is 0 Å². The van der Waals surface area contributed by atoms with Gasteiger partial charge in [0.25, 0.3) is 0 Å². The number of carboxylic acid groups (broad SMARTS) is 1. The van der Waals surface area contributed by atoms with Crippen molar-refractivity contribution in [3.05, 3.63) is 0 Å². The molecule has 0 aromatic rings. The van der Waals surface area contributed by atoms with E-state index in [2.05, 4.69) is 22.7 Å². The van der Waals surface area contributed by atoms with Crippen molar-refractivity contribution in [3.63, 3.8) is 0 Å². The van der Waals surface area contributed by atoms with Crippen molar-refractivity contribution in [1.82, 2.24) is 5.43 Å². The Bertz CT molecular complexity index is 189. The SMILES string of the molecule is C/C(=N/NC(N)=S)C(=O)O. The van der Waals surface area contributed by atoms with Crippen LogP contribution in [0.4, 0.5) is 0 Å². The highest BCUT2D eigenvalue weighted by molar-refractivity contribution is 7.80. The van der Waals surface area contributed by atoms with Crippen molar-refractivity contribution in [3.8, 4) is 0 Å². The van der Waals surface area contributed by atoms with Gasteiger partial charge in [-0.3, -0.25) is 5.43 Å². The third-order valence-corrected chi connectivity index (χ3v) is 0.735. The molecule has 0 unspecified atom stereocenters. The van der Waals surface area contributed by atoms with Gasteiger partial charge in [-0.05, 0) is 19.1 Å². The number of carbonyl (C=O) groups is 1. The Balaban J connectivity index is 3.92. The average molecular weight is 161 g/mol. The minimum Gasteiger partial charge on any atom is -0.477 e. The first kappa shape index (κ1) is 8.83. The molecule has 0 aromatic heterocycles. The maximum absolute atomic E-state index is 10.1. The Morgan fingerprint density at radius 3 is 2.60 bits per heavy atom. The summed E-state index contributed by atoms with van der Waals surface area (Å²) in [7, 11) is 0. The van der Waals surface area contributed by atoms with Crippen LogP contribution in [0, 0.1) is 0 Å². The van der Waals surface area contributed by atoms with Crippen LogP contribution >= 0.6 is 12.2 Å². The zero-order chi connectivity index (χ0) is 8.15. The van der Waals surface area contributed by atoms with Gasteiger partial charge >= 0.3 is 5.97 Å². The van der Waals surface area contributed by atoms with Gasteiger partial charge in [0.15, 0.2) is 5.11 Å². The van der Waals surface area contributed by atoms with E-state index in [0.29, 0.717) is 0 Å². The summed E-state index contributed by atoms with van der Waals surface area (Å²) in [6.45, 7) is 1.33. The molecule has 5 nitrogen and oxygen atoms in total. The average Bonchev–Trinajstić information content (AvgIpc) is 1.82. The number of hydrogen-bond donors (Lipinski definition) is 3. The first-order valence-corrected chi connectivity index (χ1v) is 2.78. The van der Waals surface area contributed by atoms with Crippen LogP contribution in [-0.2, 0) is 4.79 Å². The number of nitrogens with two attached hydrogens (primary N) is 1. The molecule has 6 heteroatoms. The summed E-state index contributed by atoms with van der Waals surface area (Å²) in [6, 6.07) is 0. The van der Waals surface area contributed by atoms with Crippen LogP contribution in [0.25, 0.3) is 0 Å². The molecule has 0 heterocycles. The van der Waals surface area contributed by atoms with Gasteiger partial charge in [0, 0.05) is 0 Å². The third-order valence-electron chi connectivity index (χ3n) is 0.643. The van der Waals surface area contributed by atoms with E-state index >= 15 is 0 Å². The predicted octanol–water partition coefficient (Wildman–Crippen LogP) is -0.720. The molecule has 56 valence electrons. The first-order chi connectivity index (χ1) is 4.54. The van der Waals surface area contributed by atoms with E-state index in [1.807, 2.05) is 0 Å². The Labute approximate surface area is 62.9 Å². The number of aliphatic carboxylic acids is 1. The van der Waals surface area contributed by atoms with Gasteiger partial charge in [-0.25, -0.2) is 4.79 Å². The lowest BCUT2D eigenvalue weighted by Crippen LogP contribution is -2.26. The first-order valence-electron chi connectivity index (χ1n) is 2.37. The number of rotatable bonds is 2. The highest BCUT2D eigenvalue weighted by atomic mass is 32.1. The second kappa shape index (κ2) is 3.78. The summed E-state index contributed by atoms with van der Waals surface area (Å²) in [6.07, 6.45) is 0. The Morgan fingerprint density at radius 2 is 2.30 bits per heavy atom. The van der Waals surface area contributed by atoms with Gasteiger partial charge in [-0.2, -0.15) is 5.10 Å². The summed E-state index contributed by atoms with van der Waals surface area (Å²) in [5.74, 6) is -1.11. The van der Waals surface area contributed by atoms with Crippen molar-refractivity contribution in [2.24, 2.45) is 10.8 Å². The van der Waals surface area contributed by atoms with Crippen molar-refractivity contribution >= 4 is 29.0 Å². The van der Waals surface area contributed by atoms with Gasteiger partial charge < -0.3 is 10.8 Å². The van der Waals surface area contributed by atoms with E-state index in [-0.39, 0.29) is 10.8 Å². The summed E-state index contributed by atoms with van der Waals surface area (Å²) >= 11 is 4.37. The largest absolute Gasteiger partial charge is 0.477 e. The molecule has 0 bridgehead atoms. The topological polar surface area (TPSA) is 87.7 Å². The fourth-order valence-electron chi connectivity index (χ4n) is 0.187. The van der Waals surface area contributed by atoms with Gasteiger partial charge in [0.05, 0.1) is 0 Å². The number of thiocarbonyl (C=S) groups is 1. The number of nitrogens with zero attached hydrogens (tertiary/aromatic N) is 1. The fraction of sp³-hybridized carbons (Fsp3) is 0.250. The Morgan fingerprint density at radius 1 is 1.80 bits per heavy atom. The van der Waals surface area contributed by atoms with Gasteiger partial charge in [-0.1, -0.05) is 0 Å². The molecule has 0 aliphatic heterocycles. The molecule has 10 heavy (non-hydrogen) atoms. The number of carboxylic acids is 1. The molecule has 0 aliphatic carbocycles. The van der Waals surface area contributed by atoms with Crippen LogP contribution in [0.15, 0.2) is 5.10 Å². The van der Waals surface area contributed by atoms with Gasteiger partial charge in [0.1, 0.15) is 5.71 Å². The summed E-state index contributed by atoms with van der Waals surface area (Å²) in [5, 5.41) is 11.5. The second-order valence-electron chi connectivity index (χ2n) is 1.48. The van der Waals surface area contributed by atoms with Crippen LogP contribution in [0.5, 0.6) is 0 Å². The van der Waals surface area contributed by atoms with Gasteiger partial charge in [0.2, 0.25) is 0 Å². The summed E-state index contributed by atoms with van der Waals surface area (Å²) < 4.78 is 0. The summed E-state index contributed by atoms with van der Waals surface area (Å²) in [5.41, 5.74) is 7.01. The third kappa shape index (κ3) is 3.79. The molecule has 0 spiro atoms. The molecule has 4 N–H and O–H groups in total. The second-order valence-corrected chi connectivity index (χ2v) is 1.92. The lowest BCUT2D eigenvalue weighted by Gasteiger charge is -1.94. The molecular formula is C4H7N3O2S. The predicted molar refractivity (Wildman–Crippen MR) is 40.7 cm³/mol. The van der Waals surface area contributed by atoms with Crippen LogP contribution in [-0.4, -0.2) is 21.9 Å². The monoisotopic (exact) mass is 161 g/mol. The highest BCUT2D eigenvalue weighted by Crippen LogP contribution is 1.73. The minimum absolute atomic E-state index is 0.0550. The zero-order valence-electron chi connectivity index (χ0n) is 5.29. The molecule has 0 aromatic carbocycles. The van der Waals surface area contributed by atoms with E-state index in [4.69, 9.17) is 10.8 Å². The van der Waals surface area contributed by atoms with Crippen molar-refractivity contribution < 1.29 is 9.90 Å². The van der Waals surface area contributed by atoms with Crippen LogP contribution in [0.3, 0.4) is 0 Å². The molecule has 0 radical (unpaired) electrons. The Hall–Kier alpha value is -1.17. The standard InChI is InChI=1S/C4H7N3O2S/c1-2(3(8)9)6-7-4(5)10/h1H3,(H,8,9)(H3,5,7,10)/b6-2-. The highest BCUT2D eigenvalue weighted by Gasteiger charge is 1.99. The maximum atomic E-state index is 10.1. The molecule has 0 amide bonds. The number of hydrazone groups is 1. The van der Waals surface area contributed by atoms with Crippen LogP contribution in [0.2, 0.25) is 0 Å². The summed E-state index contributed by atoms with van der Waals surface area (Å²) in [4.78, 5) is 10.1. The number of nitrogens with one attached hydrogen (secondary N) is 1. The number of hydrogen-bond acceptors (Lipinski definition) is 3. The van der Waals surface area contributed by atoms with E-state index in [1.54, 1.807) is 0 Å². The maximum Gasteiger partial charge on any atom is 0.351 e. The molecule has 0 rings (SSSR count). The van der Waals surface area contributed by atoms with E-state index in [9.17, 15) is 4.79 Å². The van der Waals surface area contributed by atoms with E-state index < -0.39 is 5.97 Å².